The van der Waals surface area contributed by atoms with E-state index >= 15 is 0 Å². The average molecular weight is 447 g/mol. The van der Waals surface area contributed by atoms with Gasteiger partial charge >= 0.3 is 0 Å². The smallest absolute Gasteiger partial charge is 0.269 e. The molecule has 0 spiro atoms. The van der Waals surface area contributed by atoms with Crippen LogP contribution in [-0.4, -0.2) is 42.0 Å². The second-order valence-corrected chi connectivity index (χ2v) is 7.67. The molecule has 2 aromatic carbocycles. The van der Waals surface area contributed by atoms with Gasteiger partial charge in [0.05, 0.1) is 16.2 Å². The molecule has 0 bridgehead atoms. The minimum absolute atomic E-state index is 0.00534. The summed E-state index contributed by atoms with van der Waals surface area (Å²) >= 11 is 0. The minimum atomic E-state index is -0.615. The zero-order valence-corrected chi connectivity index (χ0v) is 18.0. The lowest BCUT2D eigenvalue weighted by Crippen LogP contribution is -2.43. The number of nitrogens with zero attached hydrogens (tertiary/aromatic N) is 3. The molecule has 33 heavy (non-hydrogen) atoms. The van der Waals surface area contributed by atoms with E-state index in [1.165, 1.54) is 24.0 Å². The van der Waals surface area contributed by atoms with E-state index in [9.17, 15) is 14.9 Å². The Morgan fingerprint density at radius 1 is 1.15 bits per heavy atom. The number of primary amides is 1. The first-order valence-corrected chi connectivity index (χ1v) is 10.6. The molecule has 0 unspecified atom stereocenters. The van der Waals surface area contributed by atoms with Gasteiger partial charge in [-0.1, -0.05) is 12.1 Å². The van der Waals surface area contributed by atoms with Crippen LogP contribution in [-0.2, 0) is 6.54 Å². The lowest BCUT2D eigenvalue weighted by molar-refractivity contribution is -0.384. The van der Waals surface area contributed by atoms with Gasteiger partial charge in [0.15, 0.2) is 0 Å². The van der Waals surface area contributed by atoms with Crippen molar-refractivity contribution in [1.29, 1.82) is 0 Å². The first kappa shape index (κ1) is 22.0. The summed E-state index contributed by atoms with van der Waals surface area (Å²) in [6, 6.07) is 16.1. The fourth-order valence-corrected chi connectivity index (χ4v) is 3.67. The Kier molecular flexibility index (Phi) is 6.65. The van der Waals surface area contributed by atoms with Crippen molar-refractivity contribution in [3.05, 3.63) is 82.0 Å². The first-order chi connectivity index (χ1) is 16.0. The van der Waals surface area contributed by atoms with Crippen molar-refractivity contribution in [3.63, 3.8) is 0 Å². The molecule has 0 saturated carbocycles. The molecule has 1 saturated heterocycles. The number of anilines is 4. The normalized spacial score (nSPS) is 13.4. The first-order valence-electron chi connectivity index (χ1n) is 10.6. The molecule has 4 rings (SSSR count). The number of hydrogen-bond donors (Lipinski definition) is 4. The van der Waals surface area contributed by atoms with Crippen LogP contribution in [0.15, 0.2) is 60.8 Å². The van der Waals surface area contributed by atoms with Crippen LogP contribution in [0.25, 0.3) is 0 Å². The maximum Gasteiger partial charge on any atom is 0.269 e. The molecular formula is C23H25N7O3. The second-order valence-electron chi connectivity index (χ2n) is 7.67. The number of nitrogens with one attached hydrogen (secondary N) is 3. The highest BCUT2D eigenvalue weighted by molar-refractivity contribution is 5.98. The molecule has 0 aliphatic carbocycles. The van der Waals surface area contributed by atoms with E-state index in [0.717, 1.165) is 31.9 Å². The van der Waals surface area contributed by atoms with Gasteiger partial charge in [-0.2, -0.15) is 0 Å². The highest BCUT2D eigenvalue weighted by atomic mass is 16.6. The van der Waals surface area contributed by atoms with E-state index in [0.29, 0.717) is 17.1 Å². The predicted octanol–water partition coefficient (Wildman–Crippen LogP) is 2.85. The number of carbonyl (C=O) groups is 1. The van der Waals surface area contributed by atoms with Crippen molar-refractivity contribution >= 4 is 34.5 Å². The number of carbonyl (C=O) groups excluding carboxylic acids is 1. The third-order valence-corrected chi connectivity index (χ3v) is 5.40. The Labute approximate surface area is 191 Å². The Morgan fingerprint density at radius 2 is 1.91 bits per heavy atom. The Hall–Kier alpha value is -4.18. The summed E-state index contributed by atoms with van der Waals surface area (Å²) in [5.41, 5.74) is 8.96. The highest BCUT2D eigenvalue weighted by Crippen LogP contribution is 2.24. The third kappa shape index (κ3) is 5.55. The van der Waals surface area contributed by atoms with Gasteiger partial charge in [0.25, 0.3) is 11.6 Å². The van der Waals surface area contributed by atoms with Crippen molar-refractivity contribution in [2.75, 3.05) is 41.7 Å². The van der Waals surface area contributed by atoms with Crippen LogP contribution in [0, 0.1) is 10.1 Å². The number of nitro groups is 1. The molecule has 5 N–H and O–H groups in total. The number of rotatable bonds is 8. The highest BCUT2D eigenvalue weighted by Gasteiger charge is 2.13. The molecule has 1 aliphatic heterocycles. The predicted molar refractivity (Wildman–Crippen MR) is 128 cm³/mol. The average Bonchev–Trinajstić information content (AvgIpc) is 2.84. The van der Waals surface area contributed by atoms with Gasteiger partial charge in [0.1, 0.15) is 5.82 Å². The summed E-state index contributed by atoms with van der Waals surface area (Å²) in [7, 11) is 0. The number of benzene rings is 2. The minimum Gasteiger partial charge on any atom is -0.380 e. The standard InChI is InChI=1S/C23H25N7O3/c24-23(31)20-15-27-22(13-21(20)26-14-16-2-1-3-19(12-16)30(32)33)28-17-4-6-18(7-5-17)29-10-8-25-9-11-29/h1-7,12-13,15,25H,8-11,14H2,(H2,24,31)(H2,26,27,28). The summed E-state index contributed by atoms with van der Waals surface area (Å²) in [6.45, 7) is 4.18. The SMILES string of the molecule is NC(=O)c1cnc(Nc2ccc(N3CCNCC3)cc2)cc1NCc1cccc([N+](=O)[O-])c1. The molecule has 0 radical (unpaired) electrons. The third-order valence-electron chi connectivity index (χ3n) is 5.40. The van der Waals surface area contributed by atoms with Gasteiger partial charge in [-0.05, 0) is 29.8 Å². The molecule has 1 aliphatic rings. The van der Waals surface area contributed by atoms with Gasteiger partial charge in [0.2, 0.25) is 0 Å². The van der Waals surface area contributed by atoms with Crippen LogP contribution in [0.1, 0.15) is 15.9 Å². The van der Waals surface area contributed by atoms with Gasteiger partial charge < -0.3 is 26.6 Å². The van der Waals surface area contributed by atoms with Crippen molar-refractivity contribution < 1.29 is 9.72 Å². The molecule has 0 atom stereocenters. The summed E-state index contributed by atoms with van der Waals surface area (Å²) in [6.07, 6.45) is 1.41. The van der Waals surface area contributed by atoms with Gasteiger partial charge in [-0.3, -0.25) is 14.9 Å². The number of piperazine rings is 1. The quantitative estimate of drug-likeness (QED) is 0.305. The van der Waals surface area contributed by atoms with E-state index in [2.05, 4.69) is 38.0 Å². The van der Waals surface area contributed by atoms with Crippen molar-refractivity contribution in [2.45, 2.75) is 6.54 Å². The van der Waals surface area contributed by atoms with E-state index in [4.69, 9.17) is 5.73 Å². The van der Waals surface area contributed by atoms with E-state index in [1.807, 2.05) is 12.1 Å². The maximum absolute atomic E-state index is 11.9. The number of pyridine rings is 1. The van der Waals surface area contributed by atoms with Crippen LogP contribution in [0.3, 0.4) is 0 Å². The number of amides is 1. The fourth-order valence-electron chi connectivity index (χ4n) is 3.67. The van der Waals surface area contributed by atoms with Crippen molar-refractivity contribution in [3.8, 4) is 0 Å². The lowest BCUT2D eigenvalue weighted by Gasteiger charge is -2.29. The summed E-state index contributed by atoms with van der Waals surface area (Å²) in [4.78, 5) is 29.0. The zero-order chi connectivity index (χ0) is 23.2. The topological polar surface area (TPSA) is 138 Å². The number of non-ortho nitro benzene ring substituents is 1. The summed E-state index contributed by atoms with van der Waals surface area (Å²) in [5, 5.41) is 20.7. The van der Waals surface area contributed by atoms with Crippen LogP contribution >= 0.6 is 0 Å². The van der Waals surface area contributed by atoms with Crippen molar-refractivity contribution in [2.24, 2.45) is 5.73 Å². The lowest BCUT2D eigenvalue weighted by atomic mass is 10.1. The molecule has 1 aromatic heterocycles. The monoisotopic (exact) mass is 447 g/mol. The molecular weight excluding hydrogens is 422 g/mol. The van der Waals surface area contributed by atoms with Crippen LogP contribution < -0.4 is 26.6 Å². The van der Waals surface area contributed by atoms with E-state index in [1.54, 1.807) is 18.2 Å². The van der Waals surface area contributed by atoms with Gasteiger partial charge in [-0.25, -0.2) is 4.98 Å². The Balaban J connectivity index is 1.48. The number of nitrogens with two attached hydrogens (primary N) is 1. The number of hydrogen-bond acceptors (Lipinski definition) is 8. The van der Waals surface area contributed by atoms with Crippen LogP contribution in [0.2, 0.25) is 0 Å². The summed E-state index contributed by atoms with van der Waals surface area (Å²) < 4.78 is 0. The molecule has 2 heterocycles. The Morgan fingerprint density at radius 3 is 2.61 bits per heavy atom. The van der Waals surface area contributed by atoms with Gasteiger partial charge in [-0.15, -0.1) is 0 Å². The Bertz CT molecular complexity index is 1150. The van der Waals surface area contributed by atoms with Crippen LogP contribution in [0.4, 0.5) is 28.6 Å². The van der Waals surface area contributed by atoms with E-state index < -0.39 is 10.8 Å². The van der Waals surface area contributed by atoms with Crippen molar-refractivity contribution in [1.82, 2.24) is 10.3 Å². The molecule has 10 heteroatoms. The largest absolute Gasteiger partial charge is 0.380 e. The number of aromatic nitrogens is 1. The molecule has 3 aromatic rings. The summed E-state index contributed by atoms with van der Waals surface area (Å²) in [5.74, 6) is -0.0765. The van der Waals surface area contributed by atoms with Gasteiger partial charge in [0, 0.05) is 68.5 Å². The maximum atomic E-state index is 11.9. The molecule has 1 amide bonds. The second kappa shape index (κ2) is 9.96. The molecule has 10 nitrogen and oxygen atoms in total. The fraction of sp³-hybridized carbons (Fsp3) is 0.217. The van der Waals surface area contributed by atoms with Crippen LogP contribution in [0.5, 0.6) is 0 Å². The molecule has 1 fully saturated rings. The van der Waals surface area contributed by atoms with E-state index in [-0.39, 0.29) is 17.8 Å². The zero-order valence-electron chi connectivity index (χ0n) is 18.0. The molecule has 170 valence electrons. The number of nitro benzene ring substituents is 1.